The van der Waals surface area contributed by atoms with Gasteiger partial charge in [-0.25, -0.2) is 4.52 Å². The van der Waals surface area contributed by atoms with E-state index >= 15 is 0 Å². The van der Waals surface area contributed by atoms with E-state index < -0.39 is 0 Å². The highest BCUT2D eigenvalue weighted by molar-refractivity contribution is 6.07. The first-order chi connectivity index (χ1) is 16.2. The van der Waals surface area contributed by atoms with Crippen molar-refractivity contribution >= 4 is 28.1 Å². The van der Waals surface area contributed by atoms with Gasteiger partial charge in [0.25, 0.3) is 11.9 Å². The van der Waals surface area contributed by atoms with Crippen LogP contribution in [0.25, 0.3) is 22.4 Å². The third-order valence-electron chi connectivity index (χ3n) is 6.07. The summed E-state index contributed by atoms with van der Waals surface area (Å²) < 4.78 is 3.85. The first-order valence-electron chi connectivity index (χ1n) is 11.2. The molecule has 0 aliphatic heterocycles. The average molecular weight is 437 g/mol. The molecule has 0 unspecified atom stereocenters. The van der Waals surface area contributed by atoms with Gasteiger partial charge in [0.15, 0.2) is 5.82 Å². The predicted molar refractivity (Wildman–Crippen MR) is 129 cm³/mol. The number of aromatic nitrogens is 4. The van der Waals surface area contributed by atoms with E-state index in [0.29, 0.717) is 24.1 Å². The lowest BCUT2D eigenvalue weighted by atomic mass is 10.1. The van der Waals surface area contributed by atoms with Gasteiger partial charge in [-0.3, -0.25) is 9.36 Å². The van der Waals surface area contributed by atoms with Crippen LogP contribution in [0.2, 0.25) is 0 Å². The molecule has 6 rings (SSSR count). The molecule has 2 aromatic carbocycles. The van der Waals surface area contributed by atoms with Gasteiger partial charge in [0.2, 0.25) is 0 Å². The number of fused-ring (bicyclic) bond motifs is 2. The Morgan fingerprint density at radius 2 is 1.85 bits per heavy atom. The molecule has 1 aliphatic carbocycles. The number of hydrogen-bond donors (Lipinski definition) is 2. The Hall–Kier alpha value is -4.13. The van der Waals surface area contributed by atoms with Crippen LogP contribution in [0.1, 0.15) is 34.5 Å². The third kappa shape index (κ3) is 3.61. The van der Waals surface area contributed by atoms with E-state index in [1.165, 1.54) is 5.56 Å². The lowest BCUT2D eigenvalue weighted by Crippen LogP contribution is -2.25. The number of hydrogen-bond acceptors (Lipinski definition) is 4. The fraction of sp³-hybridized carbons (Fsp3) is 0.192. The number of aryl methyl sites for hydroxylation is 1. The maximum atomic E-state index is 12.8. The van der Waals surface area contributed by atoms with E-state index in [4.69, 9.17) is 10.1 Å². The minimum Gasteiger partial charge on any atom is -0.364 e. The number of rotatable bonds is 6. The molecule has 5 aromatic rings. The predicted octanol–water partition coefficient (Wildman–Crippen LogP) is 4.49. The van der Waals surface area contributed by atoms with E-state index in [1.807, 2.05) is 76.8 Å². The zero-order valence-corrected chi connectivity index (χ0v) is 18.3. The second-order valence-electron chi connectivity index (χ2n) is 8.54. The molecule has 1 saturated carbocycles. The summed E-state index contributed by atoms with van der Waals surface area (Å²) in [6, 6.07) is 22.4. The van der Waals surface area contributed by atoms with E-state index in [9.17, 15) is 4.79 Å². The van der Waals surface area contributed by atoms with Crippen LogP contribution in [-0.2, 0) is 6.54 Å². The van der Waals surface area contributed by atoms with Crippen molar-refractivity contribution < 1.29 is 4.79 Å². The first-order valence-corrected chi connectivity index (χ1v) is 11.2. The van der Waals surface area contributed by atoms with Gasteiger partial charge >= 0.3 is 0 Å². The summed E-state index contributed by atoms with van der Waals surface area (Å²) in [5.74, 6) is 1.30. The van der Waals surface area contributed by atoms with Crippen LogP contribution in [0.15, 0.2) is 72.9 Å². The Bertz CT molecular complexity index is 1480. The molecule has 0 radical (unpaired) electrons. The fourth-order valence-corrected chi connectivity index (χ4v) is 4.25. The molecule has 33 heavy (non-hydrogen) atoms. The first kappa shape index (κ1) is 19.5. The summed E-state index contributed by atoms with van der Waals surface area (Å²) >= 11 is 0. The largest absolute Gasteiger partial charge is 0.364 e. The number of benzene rings is 2. The van der Waals surface area contributed by atoms with Crippen molar-refractivity contribution in [3.05, 3.63) is 89.7 Å². The number of nitrogens with zero attached hydrogens (tertiary/aromatic N) is 4. The van der Waals surface area contributed by atoms with Crippen molar-refractivity contribution in [1.82, 2.24) is 24.5 Å². The lowest BCUT2D eigenvalue weighted by molar-refractivity contribution is 0.0952. The summed E-state index contributed by atoms with van der Waals surface area (Å²) in [5.41, 5.74) is 4.66. The van der Waals surface area contributed by atoms with Gasteiger partial charge in [-0.1, -0.05) is 36.4 Å². The zero-order chi connectivity index (χ0) is 22.4. The lowest BCUT2D eigenvalue weighted by Gasteiger charge is -2.12. The van der Waals surface area contributed by atoms with Crippen LogP contribution in [0, 0.1) is 6.92 Å². The summed E-state index contributed by atoms with van der Waals surface area (Å²) in [6.07, 6.45) is 4.04. The molecule has 1 aliphatic rings. The zero-order valence-electron chi connectivity index (χ0n) is 18.3. The second-order valence-corrected chi connectivity index (χ2v) is 8.54. The molecule has 3 aromatic heterocycles. The quantitative estimate of drug-likeness (QED) is 0.411. The molecule has 164 valence electrons. The molecule has 1 amide bonds. The summed E-state index contributed by atoms with van der Waals surface area (Å²) in [6.45, 7) is 2.68. The van der Waals surface area contributed by atoms with Crippen LogP contribution in [0.4, 0.5) is 5.82 Å². The molecule has 2 N–H and O–H groups in total. The van der Waals surface area contributed by atoms with Crippen LogP contribution in [0.5, 0.6) is 0 Å². The van der Waals surface area contributed by atoms with Crippen molar-refractivity contribution in [2.75, 3.05) is 5.32 Å². The second kappa shape index (κ2) is 7.78. The highest BCUT2D eigenvalue weighted by Gasteiger charge is 2.25. The Kier molecular flexibility index (Phi) is 4.61. The standard InChI is InChI=1S/C26H24N6O/c1-17-15-21-20(25(33)28-19-12-13-19)9-5-10-22(21)32(17)26-29-24(23-11-6-14-31(23)30-26)27-16-18-7-3-2-4-8-18/h2-11,14-15,19H,12-13,16H2,1H3,(H,28,33)(H,27,29,30). The van der Waals surface area contributed by atoms with Crippen molar-refractivity contribution in [2.24, 2.45) is 0 Å². The Labute approximate surface area is 191 Å². The van der Waals surface area contributed by atoms with Crippen LogP contribution >= 0.6 is 0 Å². The Morgan fingerprint density at radius 3 is 2.67 bits per heavy atom. The third-order valence-corrected chi connectivity index (χ3v) is 6.07. The van der Waals surface area contributed by atoms with Gasteiger partial charge in [-0.2, -0.15) is 4.98 Å². The molecule has 0 bridgehead atoms. The van der Waals surface area contributed by atoms with Gasteiger partial charge in [0.1, 0.15) is 5.52 Å². The van der Waals surface area contributed by atoms with Crippen LogP contribution in [-0.4, -0.2) is 31.1 Å². The monoisotopic (exact) mass is 436 g/mol. The van der Waals surface area contributed by atoms with Crippen LogP contribution in [0.3, 0.4) is 0 Å². The molecule has 7 heteroatoms. The highest BCUT2D eigenvalue weighted by Crippen LogP contribution is 2.28. The minimum atomic E-state index is -0.0211. The molecule has 0 saturated heterocycles. The van der Waals surface area contributed by atoms with Crippen molar-refractivity contribution in [3.8, 4) is 5.95 Å². The molecular formula is C26H24N6O. The topological polar surface area (TPSA) is 76.2 Å². The smallest absolute Gasteiger partial charge is 0.254 e. The Morgan fingerprint density at radius 1 is 1.03 bits per heavy atom. The van der Waals surface area contributed by atoms with Gasteiger partial charge < -0.3 is 10.6 Å². The maximum Gasteiger partial charge on any atom is 0.254 e. The van der Waals surface area contributed by atoms with Gasteiger partial charge in [-0.15, -0.1) is 5.10 Å². The maximum absolute atomic E-state index is 12.8. The molecule has 7 nitrogen and oxygen atoms in total. The fourth-order valence-electron chi connectivity index (χ4n) is 4.25. The summed E-state index contributed by atoms with van der Waals surface area (Å²) in [5, 5.41) is 12.2. The summed E-state index contributed by atoms with van der Waals surface area (Å²) in [7, 11) is 0. The van der Waals surface area contributed by atoms with Gasteiger partial charge in [0.05, 0.1) is 5.52 Å². The highest BCUT2D eigenvalue weighted by atomic mass is 16.1. The number of carbonyl (C=O) groups is 1. The number of nitrogens with one attached hydrogen (secondary N) is 2. The molecular weight excluding hydrogens is 412 g/mol. The summed E-state index contributed by atoms with van der Waals surface area (Å²) in [4.78, 5) is 17.7. The van der Waals surface area contributed by atoms with E-state index in [2.05, 4.69) is 22.8 Å². The molecule has 0 spiro atoms. The van der Waals surface area contributed by atoms with E-state index in [1.54, 1.807) is 0 Å². The number of amides is 1. The number of carbonyl (C=O) groups excluding carboxylic acids is 1. The van der Waals surface area contributed by atoms with E-state index in [-0.39, 0.29) is 5.91 Å². The van der Waals surface area contributed by atoms with Crippen molar-refractivity contribution in [1.29, 1.82) is 0 Å². The molecule has 3 heterocycles. The van der Waals surface area contributed by atoms with Gasteiger partial charge in [0, 0.05) is 35.4 Å². The van der Waals surface area contributed by atoms with Crippen molar-refractivity contribution in [3.63, 3.8) is 0 Å². The van der Waals surface area contributed by atoms with Crippen LogP contribution < -0.4 is 10.6 Å². The molecule has 1 fully saturated rings. The SMILES string of the molecule is Cc1cc2c(C(=O)NC3CC3)cccc2n1-c1nc(NCc2ccccc2)c2cccn2n1. The average Bonchev–Trinajstić information content (AvgIpc) is 3.39. The van der Waals surface area contributed by atoms with Gasteiger partial charge in [-0.05, 0) is 55.7 Å². The molecule has 0 atom stereocenters. The normalized spacial score (nSPS) is 13.5. The number of anilines is 1. The van der Waals surface area contributed by atoms with E-state index in [0.717, 1.165) is 40.8 Å². The van der Waals surface area contributed by atoms with Crippen molar-refractivity contribution in [2.45, 2.75) is 32.4 Å². The Balaban J connectivity index is 1.43. The minimum absolute atomic E-state index is 0.0211.